The molecule has 20 heavy (non-hydrogen) atoms. The second-order valence-electron chi connectivity index (χ2n) is 4.74. The lowest BCUT2D eigenvalue weighted by molar-refractivity contribution is 0.0301. The standard InChI is InChI=1S/C14H15N3O3/c1-16-12-10(3-2-4-15-12)9-11(13(16)18)14(19)17-5-7-20-8-6-17/h2-4,9H,5-8H2,1H3. The van der Waals surface area contributed by atoms with Crippen LogP contribution in [0.1, 0.15) is 10.4 Å². The van der Waals surface area contributed by atoms with E-state index < -0.39 is 0 Å². The Morgan fingerprint density at radius 1 is 1.35 bits per heavy atom. The molecule has 0 aliphatic carbocycles. The van der Waals surface area contributed by atoms with Crippen molar-refractivity contribution in [3.8, 4) is 0 Å². The van der Waals surface area contributed by atoms with Crippen LogP contribution in [-0.2, 0) is 11.8 Å². The molecule has 0 N–H and O–H groups in total. The fraction of sp³-hybridized carbons (Fsp3) is 0.357. The van der Waals surface area contributed by atoms with E-state index in [0.717, 1.165) is 5.39 Å². The van der Waals surface area contributed by atoms with Crippen molar-refractivity contribution in [2.75, 3.05) is 26.3 Å². The van der Waals surface area contributed by atoms with Crippen LogP contribution in [0, 0.1) is 0 Å². The molecular formula is C14H15N3O3. The molecule has 1 saturated heterocycles. The van der Waals surface area contributed by atoms with Crippen LogP contribution in [0.2, 0.25) is 0 Å². The Labute approximate surface area is 115 Å². The minimum atomic E-state index is -0.312. The Morgan fingerprint density at radius 3 is 2.85 bits per heavy atom. The zero-order valence-electron chi connectivity index (χ0n) is 11.2. The van der Waals surface area contributed by atoms with Crippen LogP contribution < -0.4 is 5.56 Å². The Hall–Kier alpha value is -2.21. The van der Waals surface area contributed by atoms with Gasteiger partial charge in [0.05, 0.1) is 13.2 Å². The summed E-state index contributed by atoms with van der Waals surface area (Å²) < 4.78 is 6.64. The van der Waals surface area contributed by atoms with Gasteiger partial charge in [0.2, 0.25) is 0 Å². The second kappa shape index (κ2) is 5.05. The maximum atomic E-state index is 12.5. The number of hydrogen-bond donors (Lipinski definition) is 0. The molecule has 1 aliphatic rings. The van der Waals surface area contributed by atoms with E-state index in [4.69, 9.17) is 4.74 Å². The van der Waals surface area contributed by atoms with E-state index in [1.807, 2.05) is 6.07 Å². The van der Waals surface area contributed by atoms with Crippen molar-refractivity contribution < 1.29 is 9.53 Å². The van der Waals surface area contributed by atoms with Gasteiger partial charge in [-0.05, 0) is 18.2 Å². The summed E-state index contributed by atoms with van der Waals surface area (Å²) in [5.41, 5.74) is 0.457. The van der Waals surface area contributed by atoms with Crippen molar-refractivity contribution in [2.45, 2.75) is 0 Å². The van der Waals surface area contributed by atoms with E-state index in [9.17, 15) is 9.59 Å². The number of aromatic nitrogens is 2. The predicted molar refractivity (Wildman–Crippen MR) is 73.7 cm³/mol. The van der Waals surface area contributed by atoms with Gasteiger partial charge < -0.3 is 9.64 Å². The van der Waals surface area contributed by atoms with E-state index >= 15 is 0 Å². The Kier molecular flexibility index (Phi) is 3.23. The first-order valence-electron chi connectivity index (χ1n) is 6.50. The number of aryl methyl sites for hydroxylation is 1. The Balaban J connectivity index is 2.09. The lowest BCUT2D eigenvalue weighted by Crippen LogP contribution is -2.43. The Morgan fingerprint density at radius 2 is 2.10 bits per heavy atom. The molecule has 2 aromatic heterocycles. The zero-order chi connectivity index (χ0) is 14.1. The van der Waals surface area contributed by atoms with E-state index in [0.29, 0.717) is 32.0 Å². The first-order valence-corrected chi connectivity index (χ1v) is 6.50. The van der Waals surface area contributed by atoms with E-state index in [1.54, 1.807) is 30.3 Å². The van der Waals surface area contributed by atoms with Crippen LogP contribution in [0.25, 0.3) is 11.0 Å². The van der Waals surface area contributed by atoms with Gasteiger partial charge in [-0.1, -0.05) is 0 Å². The smallest absolute Gasteiger partial charge is 0.264 e. The van der Waals surface area contributed by atoms with Crippen molar-refractivity contribution in [3.63, 3.8) is 0 Å². The van der Waals surface area contributed by atoms with Crippen LogP contribution in [0.15, 0.2) is 29.2 Å². The quantitative estimate of drug-likeness (QED) is 0.754. The molecule has 6 heteroatoms. The van der Waals surface area contributed by atoms with Gasteiger partial charge in [0.15, 0.2) is 0 Å². The fourth-order valence-electron chi connectivity index (χ4n) is 2.39. The number of nitrogens with zero attached hydrogens (tertiary/aromatic N) is 3. The maximum absolute atomic E-state index is 12.5. The molecule has 6 nitrogen and oxygen atoms in total. The van der Waals surface area contributed by atoms with Gasteiger partial charge in [0, 0.05) is 31.7 Å². The molecule has 3 rings (SSSR count). The van der Waals surface area contributed by atoms with Gasteiger partial charge in [-0.15, -0.1) is 0 Å². The van der Waals surface area contributed by atoms with Gasteiger partial charge in [-0.25, -0.2) is 4.98 Å². The van der Waals surface area contributed by atoms with Crippen molar-refractivity contribution >= 4 is 16.9 Å². The number of rotatable bonds is 1. The lowest BCUT2D eigenvalue weighted by Gasteiger charge is -2.26. The highest BCUT2D eigenvalue weighted by molar-refractivity contribution is 5.96. The third-order valence-corrected chi connectivity index (χ3v) is 3.50. The van der Waals surface area contributed by atoms with Crippen LogP contribution in [0.4, 0.5) is 0 Å². The molecule has 0 radical (unpaired) electrons. The van der Waals surface area contributed by atoms with E-state index in [-0.39, 0.29) is 17.0 Å². The first kappa shape index (κ1) is 12.8. The summed E-state index contributed by atoms with van der Waals surface area (Å²) >= 11 is 0. The van der Waals surface area contributed by atoms with Gasteiger partial charge >= 0.3 is 0 Å². The zero-order valence-corrected chi connectivity index (χ0v) is 11.2. The summed E-state index contributed by atoms with van der Waals surface area (Å²) in [6, 6.07) is 5.26. The number of fused-ring (bicyclic) bond motifs is 1. The largest absolute Gasteiger partial charge is 0.378 e. The second-order valence-corrected chi connectivity index (χ2v) is 4.74. The molecule has 0 spiro atoms. The molecule has 0 atom stereocenters. The SMILES string of the molecule is Cn1c(=O)c(C(=O)N2CCOCC2)cc2cccnc21. The van der Waals surface area contributed by atoms with Crippen LogP contribution >= 0.6 is 0 Å². The average molecular weight is 273 g/mol. The normalized spacial score (nSPS) is 15.6. The lowest BCUT2D eigenvalue weighted by atomic mass is 10.1. The Bertz CT molecular complexity index is 717. The number of morpholine rings is 1. The van der Waals surface area contributed by atoms with Crippen LogP contribution in [0.3, 0.4) is 0 Å². The molecule has 0 aromatic carbocycles. The topological polar surface area (TPSA) is 64.4 Å². The minimum Gasteiger partial charge on any atom is -0.378 e. The number of carbonyl (C=O) groups excluding carboxylic acids is 1. The molecule has 104 valence electrons. The van der Waals surface area contributed by atoms with E-state index in [1.165, 1.54) is 4.57 Å². The summed E-state index contributed by atoms with van der Waals surface area (Å²) in [6.45, 7) is 2.07. The highest BCUT2D eigenvalue weighted by Gasteiger charge is 2.22. The van der Waals surface area contributed by atoms with Crippen molar-refractivity contribution in [3.05, 3.63) is 40.3 Å². The monoisotopic (exact) mass is 273 g/mol. The summed E-state index contributed by atoms with van der Waals surface area (Å²) in [7, 11) is 1.63. The highest BCUT2D eigenvalue weighted by Crippen LogP contribution is 2.12. The van der Waals surface area contributed by atoms with Crippen molar-refractivity contribution in [1.29, 1.82) is 0 Å². The summed E-state index contributed by atoms with van der Waals surface area (Å²) in [5, 5.41) is 0.784. The van der Waals surface area contributed by atoms with Crippen LogP contribution in [-0.4, -0.2) is 46.7 Å². The molecule has 3 heterocycles. The molecule has 2 aromatic rings. The number of hydrogen-bond acceptors (Lipinski definition) is 4. The molecule has 0 bridgehead atoms. The molecular weight excluding hydrogens is 258 g/mol. The number of carbonyl (C=O) groups is 1. The number of amides is 1. The molecule has 0 unspecified atom stereocenters. The predicted octanol–water partition coefficient (Wildman–Crippen LogP) is 0.406. The van der Waals surface area contributed by atoms with E-state index in [2.05, 4.69) is 4.98 Å². The first-order chi connectivity index (χ1) is 9.68. The van der Waals surface area contributed by atoms with Gasteiger partial charge in [0.1, 0.15) is 11.2 Å². The van der Waals surface area contributed by atoms with Gasteiger partial charge in [-0.3, -0.25) is 14.2 Å². The highest BCUT2D eigenvalue weighted by atomic mass is 16.5. The van der Waals surface area contributed by atoms with Gasteiger partial charge in [-0.2, -0.15) is 0 Å². The van der Waals surface area contributed by atoms with Crippen molar-refractivity contribution in [1.82, 2.24) is 14.5 Å². The number of ether oxygens (including phenoxy) is 1. The molecule has 1 fully saturated rings. The third-order valence-electron chi connectivity index (χ3n) is 3.50. The van der Waals surface area contributed by atoms with Crippen LogP contribution in [0.5, 0.6) is 0 Å². The minimum absolute atomic E-state index is 0.190. The average Bonchev–Trinajstić information content (AvgIpc) is 2.51. The molecule has 0 saturated carbocycles. The summed E-state index contributed by atoms with van der Waals surface area (Å²) in [6.07, 6.45) is 1.63. The third kappa shape index (κ3) is 2.08. The number of pyridine rings is 2. The molecule has 1 aliphatic heterocycles. The summed E-state index contributed by atoms with van der Waals surface area (Å²) in [4.78, 5) is 30.6. The maximum Gasteiger partial charge on any atom is 0.264 e. The van der Waals surface area contributed by atoms with Crippen molar-refractivity contribution in [2.24, 2.45) is 7.05 Å². The van der Waals surface area contributed by atoms with Gasteiger partial charge in [0.25, 0.3) is 11.5 Å². The summed E-state index contributed by atoms with van der Waals surface area (Å²) in [5.74, 6) is -0.236. The molecule has 1 amide bonds. The fourth-order valence-corrected chi connectivity index (χ4v) is 2.39.